The van der Waals surface area contributed by atoms with Crippen LogP contribution in [0.3, 0.4) is 0 Å². The molecule has 1 N–H and O–H groups in total. The van der Waals surface area contributed by atoms with E-state index in [1.165, 1.54) is 6.42 Å². The molecule has 0 bridgehead atoms. The van der Waals surface area contributed by atoms with E-state index >= 15 is 0 Å². The van der Waals surface area contributed by atoms with Crippen molar-refractivity contribution in [2.75, 3.05) is 13.1 Å². The summed E-state index contributed by atoms with van der Waals surface area (Å²) >= 11 is 0. The Balaban J connectivity index is 1.28. The summed E-state index contributed by atoms with van der Waals surface area (Å²) in [6.45, 7) is 4.39. The van der Waals surface area contributed by atoms with Crippen LogP contribution in [0.1, 0.15) is 61.9 Å². The zero-order valence-corrected chi connectivity index (χ0v) is 15.8. The summed E-state index contributed by atoms with van der Waals surface area (Å²) in [5, 5.41) is 11.3. The van der Waals surface area contributed by atoms with E-state index in [1.807, 2.05) is 9.47 Å². The molecule has 1 aromatic rings. The molecule has 8 heteroatoms. The van der Waals surface area contributed by atoms with Gasteiger partial charge in [-0.3, -0.25) is 9.59 Å². The standard InChI is InChI=1S/C19H27N5O3/c1-12-7-13(8-12)18(26)23-6-5-19(10-23)11-24-15(9-27-19)21-22-16(24)17(25)20-14-3-2-4-14/h12-14H,2-11H2,1H3,(H,20,25). The lowest BCUT2D eigenvalue weighted by molar-refractivity contribution is -0.141. The van der Waals surface area contributed by atoms with E-state index in [9.17, 15) is 9.59 Å². The number of hydrogen-bond donors (Lipinski definition) is 1. The molecule has 2 aliphatic carbocycles. The van der Waals surface area contributed by atoms with Crippen LogP contribution < -0.4 is 5.32 Å². The van der Waals surface area contributed by atoms with Gasteiger partial charge in [0.25, 0.3) is 5.91 Å². The summed E-state index contributed by atoms with van der Waals surface area (Å²) in [5.74, 6) is 2.04. The summed E-state index contributed by atoms with van der Waals surface area (Å²) in [6.07, 6.45) is 6.05. The van der Waals surface area contributed by atoms with Crippen molar-refractivity contribution in [3.63, 3.8) is 0 Å². The van der Waals surface area contributed by atoms with E-state index in [0.717, 1.165) is 38.6 Å². The number of likely N-dealkylation sites (tertiary alicyclic amines) is 1. The number of carbonyl (C=O) groups is 2. The third kappa shape index (κ3) is 2.94. The minimum atomic E-state index is -0.425. The van der Waals surface area contributed by atoms with Gasteiger partial charge in [-0.25, -0.2) is 0 Å². The summed E-state index contributed by atoms with van der Waals surface area (Å²) in [4.78, 5) is 27.2. The Hall–Kier alpha value is -1.96. The van der Waals surface area contributed by atoms with E-state index in [4.69, 9.17) is 4.74 Å². The first-order valence-corrected chi connectivity index (χ1v) is 10.2. The van der Waals surface area contributed by atoms with Crippen LogP contribution in [0.2, 0.25) is 0 Å². The molecule has 1 saturated heterocycles. The van der Waals surface area contributed by atoms with Crippen molar-refractivity contribution in [3.05, 3.63) is 11.6 Å². The number of ether oxygens (including phenoxy) is 1. The summed E-state index contributed by atoms with van der Waals surface area (Å²) < 4.78 is 8.04. The first-order valence-electron chi connectivity index (χ1n) is 10.2. The Morgan fingerprint density at radius 1 is 1.22 bits per heavy atom. The molecule has 5 rings (SSSR count). The zero-order valence-electron chi connectivity index (χ0n) is 15.8. The highest BCUT2D eigenvalue weighted by atomic mass is 16.5. The second-order valence-electron chi connectivity index (χ2n) is 8.88. The van der Waals surface area contributed by atoms with Gasteiger partial charge >= 0.3 is 0 Å². The Morgan fingerprint density at radius 2 is 2.04 bits per heavy atom. The van der Waals surface area contributed by atoms with E-state index < -0.39 is 5.60 Å². The fraction of sp³-hybridized carbons (Fsp3) is 0.789. The van der Waals surface area contributed by atoms with Gasteiger partial charge in [0.05, 0.1) is 13.1 Å². The SMILES string of the molecule is CC1CC(C(=O)N2CCC3(C2)Cn2c(nnc2C(=O)NC2CCC2)CO3)C1. The van der Waals surface area contributed by atoms with Crippen LogP contribution in [0.25, 0.3) is 0 Å². The molecule has 1 aromatic heterocycles. The van der Waals surface area contributed by atoms with Gasteiger partial charge in [0.15, 0.2) is 5.82 Å². The molecule has 27 heavy (non-hydrogen) atoms. The van der Waals surface area contributed by atoms with Gasteiger partial charge in [-0.1, -0.05) is 6.92 Å². The molecule has 2 amide bonds. The first-order chi connectivity index (χ1) is 13.0. The summed E-state index contributed by atoms with van der Waals surface area (Å²) in [6, 6.07) is 0.267. The van der Waals surface area contributed by atoms with Crippen LogP contribution in [-0.2, 0) is 22.7 Å². The smallest absolute Gasteiger partial charge is 0.289 e. The van der Waals surface area contributed by atoms with Gasteiger partial charge in [-0.05, 0) is 44.4 Å². The lowest BCUT2D eigenvalue weighted by atomic mass is 9.75. The van der Waals surface area contributed by atoms with E-state index in [1.54, 1.807) is 0 Å². The molecule has 0 radical (unpaired) electrons. The third-order valence-corrected chi connectivity index (χ3v) is 6.78. The molecular formula is C19H27N5O3. The molecule has 2 aliphatic heterocycles. The van der Waals surface area contributed by atoms with E-state index in [2.05, 4.69) is 22.4 Å². The lowest BCUT2D eigenvalue weighted by Crippen LogP contribution is -2.48. The predicted molar refractivity (Wildman–Crippen MR) is 95.7 cm³/mol. The van der Waals surface area contributed by atoms with Crippen LogP contribution in [0.4, 0.5) is 0 Å². The molecule has 0 aromatic carbocycles. The molecule has 4 aliphatic rings. The monoisotopic (exact) mass is 373 g/mol. The number of carbonyl (C=O) groups excluding carboxylic acids is 2. The maximum absolute atomic E-state index is 12.7. The van der Waals surface area contributed by atoms with Gasteiger partial charge in [-0.2, -0.15) is 0 Å². The number of nitrogens with zero attached hydrogens (tertiary/aromatic N) is 4. The number of amides is 2. The van der Waals surface area contributed by atoms with Crippen molar-refractivity contribution in [2.45, 2.75) is 70.2 Å². The Labute approximate surface area is 158 Å². The number of aromatic nitrogens is 3. The van der Waals surface area contributed by atoms with E-state index in [0.29, 0.717) is 37.3 Å². The molecule has 1 atom stereocenters. The van der Waals surface area contributed by atoms with Crippen LogP contribution >= 0.6 is 0 Å². The molecule has 2 saturated carbocycles. The van der Waals surface area contributed by atoms with Gasteiger partial charge in [-0.15, -0.1) is 10.2 Å². The fourth-order valence-corrected chi connectivity index (χ4v) is 4.77. The Morgan fingerprint density at radius 3 is 2.74 bits per heavy atom. The molecular weight excluding hydrogens is 346 g/mol. The normalized spacial score (nSPS) is 32.7. The molecule has 1 unspecified atom stereocenters. The van der Waals surface area contributed by atoms with Gasteiger partial charge in [0.2, 0.25) is 11.7 Å². The van der Waals surface area contributed by atoms with Crippen molar-refractivity contribution in [3.8, 4) is 0 Å². The second kappa shape index (κ2) is 6.29. The maximum atomic E-state index is 12.7. The number of rotatable bonds is 3. The van der Waals surface area contributed by atoms with Crippen LogP contribution in [0.15, 0.2) is 0 Å². The van der Waals surface area contributed by atoms with Crippen molar-refractivity contribution in [2.24, 2.45) is 11.8 Å². The van der Waals surface area contributed by atoms with Crippen LogP contribution in [0.5, 0.6) is 0 Å². The lowest BCUT2D eigenvalue weighted by Gasteiger charge is -2.37. The topological polar surface area (TPSA) is 89.4 Å². The Kier molecular flexibility index (Phi) is 4.00. The van der Waals surface area contributed by atoms with Gasteiger partial charge in [0.1, 0.15) is 12.2 Å². The molecule has 1 spiro atoms. The molecule has 3 heterocycles. The van der Waals surface area contributed by atoms with Crippen LogP contribution in [-0.4, -0.2) is 56.2 Å². The zero-order chi connectivity index (χ0) is 18.6. The van der Waals surface area contributed by atoms with Crippen molar-refractivity contribution in [1.82, 2.24) is 25.0 Å². The van der Waals surface area contributed by atoms with E-state index in [-0.39, 0.29) is 23.8 Å². The Bertz CT molecular complexity index is 767. The highest BCUT2D eigenvalue weighted by Gasteiger charge is 2.47. The largest absolute Gasteiger partial charge is 0.363 e. The van der Waals surface area contributed by atoms with Gasteiger partial charge in [0, 0.05) is 18.5 Å². The number of fused-ring (bicyclic) bond motifs is 1. The van der Waals surface area contributed by atoms with Crippen molar-refractivity contribution < 1.29 is 14.3 Å². The highest BCUT2D eigenvalue weighted by Crippen LogP contribution is 2.38. The molecule has 8 nitrogen and oxygen atoms in total. The quantitative estimate of drug-likeness (QED) is 0.857. The third-order valence-electron chi connectivity index (χ3n) is 6.78. The predicted octanol–water partition coefficient (Wildman–Crippen LogP) is 1.11. The summed E-state index contributed by atoms with van der Waals surface area (Å²) in [5.41, 5.74) is -0.425. The molecule has 146 valence electrons. The second-order valence-corrected chi connectivity index (χ2v) is 8.88. The number of nitrogens with one attached hydrogen (secondary N) is 1. The number of hydrogen-bond acceptors (Lipinski definition) is 5. The first kappa shape index (κ1) is 17.2. The minimum absolute atomic E-state index is 0.148. The van der Waals surface area contributed by atoms with Crippen molar-refractivity contribution in [1.29, 1.82) is 0 Å². The molecule has 3 fully saturated rings. The average Bonchev–Trinajstić information content (AvgIpc) is 3.19. The van der Waals surface area contributed by atoms with Gasteiger partial charge < -0.3 is 19.5 Å². The minimum Gasteiger partial charge on any atom is -0.363 e. The average molecular weight is 373 g/mol. The summed E-state index contributed by atoms with van der Waals surface area (Å²) in [7, 11) is 0. The maximum Gasteiger partial charge on any atom is 0.289 e. The highest BCUT2D eigenvalue weighted by molar-refractivity contribution is 5.91. The van der Waals surface area contributed by atoms with Crippen molar-refractivity contribution >= 4 is 11.8 Å². The fourth-order valence-electron chi connectivity index (χ4n) is 4.77. The van der Waals surface area contributed by atoms with Crippen LogP contribution in [0, 0.1) is 11.8 Å².